The number of benzene rings is 2. The van der Waals surface area contributed by atoms with Gasteiger partial charge < -0.3 is 9.47 Å². The van der Waals surface area contributed by atoms with Gasteiger partial charge >= 0.3 is 11.9 Å². The van der Waals surface area contributed by atoms with E-state index in [4.69, 9.17) is 9.47 Å². The number of ether oxygens (including phenoxy) is 2. The maximum Gasteiger partial charge on any atom is 0.310 e. The van der Waals surface area contributed by atoms with Crippen molar-refractivity contribution in [3.63, 3.8) is 0 Å². The van der Waals surface area contributed by atoms with Gasteiger partial charge in [0.25, 0.3) is 0 Å². The molecule has 0 aliphatic carbocycles. The summed E-state index contributed by atoms with van der Waals surface area (Å²) in [6.07, 6.45) is 0.705. The van der Waals surface area contributed by atoms with Gasteiger partial charge in [-0.25, -0.2) is 0 Å². The standard InChI is InChI=1S/C18H18O4S/c1-3-17(19)21-13-5-9-15(10-6-13)23-16-11-7-14(8-12-16)22-18(20)4-2/h5-12H,3-4H2,1-2H3. The van der Waals surface area contributed by atoms with Crippen LogP contribution in [0.5, 0.6) is 11.5 Å². The van der Waals surface area contributed by atoms with Gasteiger partial charge in [-0.05, 0) is 48.5 Å². The molecular weight excluding hydrogens is 312 g/mol. The summed E-state index contributed by atoms with van der Waals surface area (Å²) in [6.45, 7) is 3.52. The van der Waals surface area contributed by atoms with Gasteiger partial charge in [0.2, 0.25) is 0 Å². The van der Waals surface area contributed by atoms with Crippen LogP contribution in [0.2, 0.25) is 0 Å². The lowest BCUT2D eigenvalue weighted by atomic mass is 10.3. The van der Waals surface area contributed by atoms with E-state index in [1.807, 2.05) is 24.3 Å². The van der Waals surface area contributed by atoms with E-state index < -0.39 is 0 Å². The van der Waals surface area contributed by atoms with Gasteiger partial charge in [0.15, 0.2) is 0 Å². The lowest BCUT2D eigenvalue weighted by molar-refractivity contribution is -0.134. The first-order chi connectivity index (χ1) is 11.1. The minimum atomic E-state index is -0.248. The number of hydrogen-bond acceptors (Lipinski definition) is 5. The van der Waals surface area contributed by atoms with E-state index in [0.717, 1.165) is 9.79 Å². The molecule has 2 rings (SSSR count). The minimum absolute atomic E-state index is 0.248. The van der Waals surface area contributed by atoms with Crippen LogP contribution in [-0.4, -0.2) is 11.9 Å². The summed E-state index contributed by atoms with van der Waals surface area (Å²) in [5, 5.41) is 0. The first-order valence-electron chi connectivity index (χ1n) is 7.40. The van der Waals surface area contributed by atoms with E-state index >= 15 is 0 Å². The van der Waals surface area contributed by atoms with E-state index in [2.05, 4.69) is 0 Å². The normalized spacial score (nSPS) is 10.2. The average molecular weight is 330 g/mol. The topological polar surface area (TPSA) is 52.6 Å². The molecule has 5 heteroatoms. The molecule has 2 aromatic rings. The summed E-state index contributed by atoms with van der Waals surface area (Å²) in [5.74, 6) is 0.594. The first kappa shape index (κ1) is 17.1. The highest BCUT2D eigenvalue weighted by molar-refractivity contribution is 7.99. The molecule has 120 valence electrons. The molecule has 0 aromatic heterocycles. The zero-order valence-electron chi connectivity index (χ0n) is 13.1. The summed E-state index contributed by atoms with van der Waals surface area (Å²) in [4.78, 5) is 24.5. The summed E-state index contributed by atoms with van der Waals surface area (Å²) in [5.41, 5.74) is 0. The van der Waals surface area contributed by atoms with Crippen molar-refractivity contribution in [3.8, 4) is 11.5 Å². The Morgan fingerprint density at radius 3 is 1.39 bits per heavy atom. The van der Waals surface area contributed by atoms with Gasteiger partial charge in [-0.3, -0.25) is 9.59 Å². The fourth-order valence-corrected chi connectivity index (χ4v) is 2.51. The minimum Gasteiger partial charge on any atom is -0.427 e. The maximum atomic E-state index is 11.2. The molecule has 0 atom stereocenters. The predicted octanol–water partition coefficient (Wildman–Crippen LogP) is 4.47. The van der Waals surface area contributed by atoms with Crippen LogP contribution >= 0.6 is 11.8 Å². The van der Waals surface area contributed by atoms with E-state index in [0.29, 0.717) is 24.3 Å². The molecule has 2 aromatic carbocycles. The van der Waals surface area contributed by atoms with Crippen LogP contribution < -0.4 is 9.47 Å². The van der Waals surface area contributed by atoms with Crippen LogP contribution in [0, 0.1) is 0 Å². The molecule has 0 saturated carbocycles. The third kappa shape index (κ3) is 5.45. The molecule has 0 fully saturated rings. The number of rotatable bonds is 6. The molecule has 23 heavy (non-hydrogen) atoms. The average Bonchev–Trinajstić information content (AvgIpc) is 2.58. The monoisotopic (exact) mass is 330 g/mol. The van der Waals surface area contributed by atoms with Crippen molar-refractivity contribution in [1.82, 2.24) is 0 Å². The molecule has 0 heterocycles. The molecule has 0 radical (unpaired) electrons. The third-order valence-corrected chi connectivity index (χ3v) is 3.94. The van der Waals surface area contributed by atoms with Crippen LogP contribution in [0.15, 0.2) is 58.3 Å². The van der Waals surface area contributed by atoms with Gasteiger partial charge in [0.1, 0.15) is 11.5 Å². The first-order valence-corrected chi connectivity index (χ1v) is 8.21. The van der Waals surface area contributed by atoms with Crippen LogP contribution in [-0.2, 0) is 9.59 Å². The van der Waals surface area contributed by atoms with E-state index in [1.165, 1.54) is 0 Å². The zero-order chi connectivity index (χ0) is 16.7. The molecule has 0 bridgehead atoms. The largest absolute Gasteiger partial charge is 0.427 e. The smallest absolute Gasteiger partial charge is 0.310 e. The number of hydrogen-bond donors (Lipinski definition) is 0. The Kier molecular flexibility index (Phi) is 6.23. The summed E-state index contributed by atoms with van der Waals surface area (Å²) in [7, 11) is 0. The summed E-state index contributed by atoms with van der Waals surface area (Å²) >= 11 is 1.57. The Bertz CT molecular complexity index is 603. The number of carbonyl (C=O) groups excluding carboxylic acids is 2. The Labute approximate surface area is 139 Å². The Morgan fingerprint density at radius 1 is 0.739 bits per heavy atom. The van der Waals surface area contributed by atoms with Gasteiger partial charge in [0, 0.05) is 22.6 Å². The second-order valence-electron chi connectivity index (χ2n) is 4.70. The lowest BCUT2D eigenvalue weighted by Gasteiger charge is -2.06. The van der Waals surface area contributed by atoms with Crippen molar-refractivity contribution >= 4 is 23.7 Å². The highest BCUT2D eigenvalue weighted by atomic mass is 32.2. The SMILES string of the molecule is CCC(=O)Oc1ccc(Sc2ccc(OC(=O)CC)cc2)cc1. The Hall–Kier alpha value is -2.27. The Morgan fingerprint density at radius 2 is 1.09 bits per heavy atom. The van der Waals surface area contributed by atoms with E-state index in [-0.39, 0.29) is 11.9 Å². The van der Waals surface area contributed by atoms with Gasteiger partial charge in [0.05, 0.1) is 0 Å². The van der Waals surface area contributed by atoms with Gasteiger partial charge in [-0.1, -0.05) is 25.6 Å². The van der Waals surface area contributed by atoms with Crippen LogP contribution in [0.4, 0.5) is 0 Å². The van der Waals surface area contributed by atoms with Crippen LogP contribution in [0.3, 0.4) is 0 Å². The van der Waals surface area contributed by atoms with E-state index in [1.54, 1.807) is 49.9 Å². The highest BCUT2D eigenvalue weighted by Crippen LogP contribution is 2.30. The fourth-order valence-electron chi connectivity index (χ4n) is 1.69. The van der Waals surface area contributed by atoms with Crippen molar-refractivity contribution < 1.29 is 19.1 Å². The molecule has 0 spiro atoms. The van der Waals surface area contributed by atoms with E-state index in [9.17, 15) is 9.59 Å². The summed E-state index contributed by atoms with van der Waals surface area (Å²) < 4.78 is 10.3. The lowest BCUT2D eigenvalue weighted by Crippen LogP contribution is -2.05. The fraction of sp³-hybridized carbons (Fsp3) is 0.222. The van der Waals surface area contributed by atoms with Crippen molar-refractivity contribution in [2.45, 2.75) is 36.5 Å². The summed E-state index contributed by atoms with van der Waals surface area (Å²) in [6, 6.07) is 14.7. The molecule has 0 saturated heterocycles. The molecule has 4 nitrogen and oxygen atoms in total. The number of carbonyl (C=O) groups is 2. The number of esters is 2. The van der Waals surface area contributed by atoms with Crippen molar-refractivity contribution in [2.75, 3.05) is 0 Å². The maximum absolute atomic E-state index is 11.2. The molecule has 0 unspecified atom stereocenters. The molecule has 0 aliphatic rings. The molecule has 0 N–H and O–H groups in total. The zero-order valence-corrected chi connectivity index (χ0v) is 13.9. The van der Waals surface area contributed by atoms with Gasteiger partial charge in [-0.2, -0.15) is 0 Å². The van der Waals surface area contributed by atoms with Crippen LogP contribution in [0.1, 0.15) is 26.7 Å². The second kappa shape index (κ2) is 8.39. The predicted molar refractivity (Wildman–Crippen MR) is 88.9 cm³/mol. The molecular formula is C18H18O4S. The van der Waals surface area contributed by atoms with Crippen molar-refractivity contribution in [3.05, 3.63) is 48.5 Å². The quantitative estimate of drug-likeness (QED) is 0.578. The molecule has 0 amide bonds. The third-order valence-electron chi connectivity index (χ3n) is 2.92. The van der Waals surface area contributed by atoms with Crippen LogP contribution in [0.25, 0.3) is 0 Å². The van der Waals surface area contributed by atoms with Crippen molar-refractivity contribution in [1.29, 1.82) is 0 Å². The molecule has 0 aliphatic heterocycles. The van der Waals surface area contributed by atoms with Gasteiger partial charge in [-0.15, -0.1) is 0 Å². The highest BCUT2D eigenvalue weighted by Gasteiger charge is 2.04. The Balaban J connectivity index is 1.96. The van der Waals surface area contributed by atoms with Crippen molar-refractivity contribution in [2.24, 2.45) is 0 Å². The second-order valence-corrected chi connectivity index (χ2v) is 5.85.